The monoisotopic (exact) mass is 471 g/mol. The second kappa shape index (κ2) is 8.62. The Kier molecular flexibility index (Phi) is 6.04. The van der Waals surface area contributed by atoms with E-state index in [1.54, 1.807) is 24.3 Å². The minimum absolute atomic E-state index is 0.0109. The van der Waals surface area contributed by atoms with E-state index in [0.29, 0.717) is 33.3 Å². The van der Waals surface area contributed by atoms with E-state index in [4.69, 9.17) is 4.74 Å². The van der Waals surface area contributed by atoms with Crippen molar-refractivity contribution in [2.45, 2.75) is 39.0 Å². The van der Waals surface area contributed by atoms with Crippen LogP contribution in [0.1, 0.15) is 5.56 Å². The molecule has 0 atom stereocenters. The molecule has 0 amide bonds. The fourth-order valence-corrected chi connectivity index (χ4v) is 5.08. The molecule has 2 aromatic heterocycles. The highest BCUT2D eigenvalue weighted by atomic mass is 32.1. The van der Waals surface area contributed by atoms with Crippen LogP contribution >= 0.6 is 11.5 Å². The number of aliphatic hydroxyl groups excluding tert-OH is 1. The highest BCUT2D eigenvalue weighted by Gasteiger charge is 2.19. The second-order valence-corrected chi connectivity index (χ2v) is 15.3. The summed E-state index contributed by atoms with van der Waals surface area (Å²) < 4.78 is 10.6. The molecule has 0 aliphatic heterocycles. The number of phenols is 1. The first-order valence-electron chi connectivity index (χ1n) is 10.3. The number of aromatic nitrogens is 3. The van der Waals surface area contributed by atoms with E-state index < -0.39 is 13.6 Å². The second-order valence-electron chi connectivity index (χ2n) is 8.90. The fourth-order valence-electron chi connectivity index (χ4n) is 3.47. The quantitative estimate of drug-likeness (QED) is 0.281. The number of nitrogens with one attached hydrogen (secondary N) is 1. The van der Waals surface area contributed by atoms with Gasteiger partial charge in [-0.1, -0.05) is 43.3 Å². The number of hydrogen-bond acceptors (Lipinski definition) is 7. The van der Waals surface area contributed by atoms with Gasteiger partial charge < -0.3 is 14.9 Å². The zero-order valence-corrected chi connectivity index (χ0v) is 20.0. The summed E-state index contributed by atoms with van der Waals surface area (Å²) in [4.78, 5) is 30.1. The summed E-state index contributed by atoms with van der Waals surface area (Å²) in [6.07, 6.45) is 0. The number of ether oxygens (including phenoxy) is 1. The third-order valence-corrected chi connectivity index (χ3v) is 7.89. The number of aromatic hydroxyl groups is 1. The molecule has 0 saturated heterocycles. The molecule has 0 saturated carbocycles. The van der Waals surface area contributed by atoms with Crippen LogP contribution in [0.3, 0.4) is 0 Å². The van der Waals surface area contributed by atoms with Crippen molar-refractivity contribution in [3.8, 4) is 17.0 Å². The van der Waals surface area contributed by atoms with Crippen molar-refractivity contribution in [3.63, 3.8) is 0 Å². The van der Waals surface area contributed by atoms with E-state index in [0.717, 1.165) is 17.6 Å². The van der Waals surface area contributed by atoms with Crippen LogP contribution in [0, 0.1) is 0 Å². The maximum absolute atomic E-state index is 13.5. The Morgan fingerprint density at radius 3 is 2.72 bits per heavy atom. The molecule has 168 valence electrons. The minimum Gasteiger partial charge on any atom is -0.506 e. The van der Waals surface area contributed by atoms with Gasteiger partial charge in [0.2, 0.25) is 0 Å². The number of H-pyrrole nitrogens is 1. The summed E-state index contributed by atoms with van der Waals surface area (Å²) in [5.74, 6) is -0.141. The van der Waals surface area contributed by atoms with Crippen LogP contribution in [0.2, 0.25) is 25.7 Å². The van der Waals surface area contributed by atoms with Crippen LogP contribution < -0.4 is 11.1 Å². The summed E-state index contributed by atoms with van der Waals surface area (Å²) in [5, 5.41) is 20.6. The van der Waals surface area contributed by atoms with Crippen molar-refractivity contribution in [2.75, 3.05) is 6.61 Å². The molecule has 3 N–H and O–H groups in total. The maximum atomic E-state index is 13.5. The van der Waals surface area contributed by atoms with Gasteiger partial charge in [0.15, 0.2) is 0 Å². The van der Waals surface area contributed by atoms with Gasteiger partial charge in [0, 0.05) is 20.2 Å². The Morgan fingerprint density at radius 1 is 1.22 bits per heavy atom. The van der Waals surface area contributed by atoms with Gasteiger partial charge in [-0.3, -0.25) is 18.5 Å². The lowest BCUT2D eigenvalue weighted by Crippen LogP contribution is -2.27. The maximum Gasteiger partial charge on any atom is 0.279 e. The van der Waals surface area contributed by atoms with E-state index in [1.807, 2.05) is 0 Å². The molecular weight excluding hydrogens is 446 g/mol. The van der Waals surface area contributed by atoms with Crippen LogP contribution in [-0.2, 0) is 18.1 Å². The molecule has 0 aliphatic carbocycles. The van der Waals surface area contributed by atoms with Gasteiger partial charge in [-0.05, 0) is 29.8 Å². The topological polar surface area (TPSA) is 117 Å². The predicted octanol–water partition coefficient (Wildman–Crippen LogP) is 3.48. The number of fused-ring (bicyclic) bond motifs is 2. The SMILES string of the molecule is C[Si](C)(C)CCOCn1c(=O)c(-c2cccc3c(=O)[nH]sc23)nc2c(O)cc(CO)cc21. The Morgan fingerprint density at radius 2 is 2.00 bits per heavy atom. The van der Waals surface area contributed by atoms with Crippen molar-refractivity contribution in [1.82, 2.24) is 13.9 Å². The van der Waals surface area contributed by atoms with E-state index in [9.17, 15) is 19.8 Å². The highest BCUT2D eigenvalue weighted by molar-refractivity contribution is 7.13. The molecule has 10 heteroatoms. The Bertz CT molecular complexity index is 1420. The zero-order valence-electron chi connectivity index (χ0n) is 18.1. The molecule has 8 nitrogen and oxygen atoms in total. The average Bonchev–Trinajstić information content (AvgIpc) is 3.12. The van der Waals surface area contributed by atoms with Crippen LogP contribution in [0.15, 0.2) is 39.9 Å². The molecule has 0 bridgehead atoms. The average molecular weight is 472 g/mol. The standard InChI is InChI=1S/C22H25N3O5SSi/c1-32(2,3)8-7-30-12-25-16-9-13(11-26)10-17(27)19(16)23-18(22(25)29)14-5-4-6-15-20(14)31-24-21(15)28/h4-6,9-10,26-27H,7-8,11-12H2,1-3H3,(H,24,28). The summed E-state index contributed by atoms with van der Waals surface area (Å²) >= 11 is 1.14. The Balaban J connectivity index is 1.91. The van der Waals surface area contributed by atoms with E-state index in [-0.39, 0.29) is 35.9 Å². The molecule has 0 spiro atoms. The van der Waals surface area contributed by atoms with Gasteiger partial charge >= 0.3 is 0 Å². The van der Waals surface area contributed by atoms with E-state index in [2.05, 4.69) is 29.0 Å². The normalized spacial score (nSPS) is 12.1. The van der Waals surface area contributed by atoms with Gasteiger partial charge in [-0.25, -0.2) is 4.98 Å². The Hall–Kier alpha value is -2.79. The molecule has 0 aliphatic rings. The first-order valence-corrected chi connectivity index (χ1v) is 14.8. The van der Waals surface area contributed by atoms with E-state index in [1.165, 1.54) is 10.6 Å². The summed E-state index contributed by atoms with van der Waals surface area (Å²) in [5.41, 5.74) is 1.09. The van der Waals surface area contributed by atoms with Crippen molar-refractivity contribution in [3.05, 3.63) is 56.6 Å². The van der Waals surface area contributed by atoms with Crippen molar-refractivity contribution in [2.24, 2.45) is 0 Å². The molecule has 0 radical (unpaired) electrons. The van der Waals surface area contributed by atoms with Crippen LogP contribution in [0.5, 0.6) is 5.75 Å². The molecule has 2 aromatic carbocycles. The van der Waals surface area contributed by atoms with Crippen molar-refractivity contribution >= 4 is 40.7 Å². The third-order valence-electron chi connectivity index (χ3n) is 5.25. The number of benzene rings is 2. The zero-order chi connectivity index (χ0) is 23.0. The minimum atomic E-state index is -1.31. The van der Waals surface area contributed by atoms with Crippen molar-refractivity contribution < 1.29 is 14.9 Å². The summed E-state index contributed by atoms with van der Waals surface area (Å²) in [6.45, 7) is 6.96. The van der Waals surface area contributed by atoms with Gasteiger partial charge in [0.25, 0.3) is 11.1 Å². The first kappa shape index (κ1) is 22.4. The lowest BCUT2D eigenvalue weighted by Gasteiger charge is -2.17. The third kappa shape index (κ3) is 4.26. The van der Waals surface area contributed by atoms with Gasteiger partial charge in [-0.2, -0.15) is 0 Å². The molecule has 2 heterocycles. The lowest BCUT2D eigenvalue weighted by atomic mass is 10.1. The number of hydrogen-bond donors (Lipinski definition) is 3. The number of nitrogens with zero attached hydrogens (tertiary/aromatic N) is 2. The molecule has 0 unspecified atom stereocenters. The number of aromatic amines is 1. The Labute approximate surface area is 188 Å². The van der Waals surface area contributed by atoms with Crippen molar-refractivity contribution in [1.29, 1.82) is 0 Å². The predicted molar refractivity (Wildman–Crippen MR) is 129 cm³/mol. The molecule has 4 aromatic rings. The lowest BCUT2D eigenvalue weighted by molar-refractivity contribution is 0.0878. The largest absolute Gasteiger partial charge is 0.506 e. The van der Waals surface area contributed by atoms with Gasteiger partial charge in [0.05, 0.1) is 22.2 Å². The smallest absolute Gasteiger partial charge is 0.279 e. The van der Waals surface area contributed by atoms with Crippen LogP contribution in [0.4, 0.5) is 0 Å². The molecular formula is C22H25N3O5SSi. The number of aliphatic hydroxyl groups is 1. The highest BCUT2D eigenvalue weighted by Crippen LogP contribution is 2.30. The van der Waals surface area contributed by atoms with E-state index >= 15 is 0 Å². The molecule has 32 heavy (non-hydrogen) atoms. The first-order chi connectivity index (χ1) is 15.2. The fraction of sp³-hybridized carbons (Fsp3) is 0.318. The summed E-state index contributed by atoms with van der Waals surface area (Å²) in [6, 6.07) is 9.13. The van der Waals surface area contributed by atoms with Gasteiger partial charge in [0.1, 0.15) is 23.7 Å². The van der Waals surface area contributed by atoms with Gasteiger partial charge in [-0.15, -0.1) is 0 Å². The van der Waals surface area contributed by atoms with Crippen LogP contribution in [0.25, 0.3) is 32.4 Å². The number of rotatable bonds is 7. The molecule has 4 rings (SSSR count). The summed E-state index contributed by atoms with van der Waals surface area (Å²) in [7, 11) is -1.31. The van der Waals surface area contributed by atoms with Crippen LogP contribution in [-0.4, -0.2) is 38.8 Å². The molecule has 0 fully saturated rings. The number of phenolic OH excluding ortho intramolecular Hbond substituents is 1.